The number of halogens is 1. The van der Waals surface area contributed by atoms with E-state index in [1.165, 1.54) is 11.3 Å². The van der Waals surface area contributed by atoms with E-state index in [0.29, 0.717) is 10.8 Å². The number of nitrogens with one attached hydrogen (secondary N) is 2. The van der Waals surface area contributed by atoms with Crippen LogP contribution in [0.3, 0.4) is 0 Å². The van der Waals surface area contributed by atoms with E-state index < -0.39 is 0 Å². The molecule has 0 unspecified atom stereocenters. The molecule has 2 aromatic carbocycles. The second-order valence-electron chi connectivity index (χ2n) is 5.49. The number of thiocarbonyl (C=S) groups is 1. The molecule has 0 fully saturated rings. The third-order valence-electron chi connectivity index (χ3n) is 3.76. The number of hydrogen-bond acceptors (Lipinski definition) is 6. The van der Waals surface area contributed by atoms with Gasteiger partial charge in [0.15, 0.2) is 10.8 Å². The summed E-state index contributed by atoms with van der Waals surface area (Å²) in [5.41, 5.74) is 1.91. The molecule has 4 rings (SSSR count). The highest BCUT2D eigenvalue weighted by Gasteiger charge is 2.11. The predicted octanol–water partition coefficient (Wildman–Crippen LogP) is 5.74. The zero-order valence-electron chi connectivity index (χ0n) is 13.9. The molecule has 2 aromatic heterocycles. The average Bonchev–Trinajstić information content (AvgIpc) is 3.18. The first-order chi connectivity index (χ1) is 13.0. The first-order valence-corrected chi connectivity index (χ1v) is 9.73. The van der Waals surface area contributed by atoms with Crippen molar-refractivity contribution >= 4 is 76.5 Å². The van der Waals surface area contributed by atoms with Crippen molar-refractivity contribution in [2.45, 2.75) is 0 Å². The van der Waals surface area contributed by atoms with E-state index in [4.69, 9.17) is 17.0 Å². The largest absolute Gasteiger partial charge is 0.497 e. The molecule has 0 aliphatic carbocycles. The highest BCUT2D eigenvalue weighted by molar-refractivity contribution is 9.10. The summed E-state index contributed by atoms with van der Waals surface area (Å²) in [7, 11) is 1.62. The third-order valence-corrected chi connectivity index (χ3v) is 5.37. The Bertz CT molecular complexity index is 1200. The second-order valence-corrected chi connectivity index (χ2v) is 7.83. The number of methoxy groups -OCH3 is 1. The number of aromatic amines is 1. The van der Waals surface area contributed by atoms with Crippen LogP contribution in [0.5, 0.6) is 11.6 Å². The molecule has 0 saturated carbocycles. The highest BCUT2D eigenvalue weighted by Crippen LogP contribution is 2.37. The van der Waals surface area contributed by atoms with Crippen molar-refractivity contribution in [3.05, 3.63) is 40.9 Å². The van der Waals surface area contributed by atoms with Crippen molar-refractivity contribution in [3.63, 3.8) is 0 Å². The normalized spacial score (nSPS) is 11.5. The van der Waals surface area contributed by atoms with Crippen LogP contribution < -0.4 is 10.1 Å². The van der Waals surface area contributed by atoms with Crippen LogP contribution >= 0.6 is 39.5 Å². The minimum atomic E-state index is -0.0678. The maximum Gasteiger partial charge on any atom is 0.220 e. The summed E-state index contributed by atoms with van der Waals surface area (Å²) in [6, 6.07) is 11.2. The molecule has 0 aliphatic rings. The first-order valence-electron chi connectivity index (χ1n) is 7.71. The fourth-order valence-electron chi connectivity index (χ4n) is 2.53. The molecule has 4 aromatic rings. The molecule has 7 nitrogen and oxygen atoms in total. The van der Waals surface area contributed by atoms with Crippen LogP contribution in [-0.4, -0.2) is 27.3 Å². The molecule has 0 amide bonds. The summed E-state index contributed by atoms with van der Waals surface area (Å²) in [6.45, 7) is 0. The van der Waals surface area contributed by atoms with E-state index in [1.54, 1.807) is 7.11 Å². The van der Waals surface area contributed by atoms with Crippen LogP contribution in [0.25, 0.3) is 21.1 Å². The standard InChI is InChI=1S/C17H12BrN5O2S2/c1-25-9-3-5-12-13(7-9)27-17(20-12)21-16(26)23-22-14-10-6-8(18)2-4-11(10)19-15(14)24/h2-7,19,24H,1H3,(H,20,21,26). The molecule has 0 aliphatic heterocycles. The molecular weight excluding hydrogens is 450 g/mol. The number of hydrogen-bond donors (Lipinski definition) is 3. The van der Waals surface area contributed by atoms with Gasteiger partial charge < -0.3 is 20.1 Å². The average molecular weight is 462 g/mol. The Hall–Kier alpha value is -2.56. The van der Waals surface area contributed by atoms with Gasteiger partial charge in [0, 0.05) is 9.86 Å². The summed E-state index contributed by atoms with van der Waals surface area (Å²) >= 11 is 10.1. The number of benzene rings is 2. The maximum atomic E-state index is 10.1. The molecule has 27 heavy (non-hydrogen) atoms. The Morgan fingerprint density at radius 1 is 1.33 bits per heavy atom. The fourth-order valence-corrected chi connectivity index (χ4v) is 3.99. The zero-order valence-corrected chi connectivity index (χ0v) is 17.1. The number of thiazole rings is 1. The van der Waals surface area contributed by atoms with Gasteiger partial charge in [0.25, 0.3) is 0 Å². The van der Waals surface area contributed by atoms with Crippen LogP contribution in [0.1, 0.15) is 0 Å². The predicted molar refractivity (Wildman–Crippen MR) is 115 cm³/mol. The quantitative estimate of drug-likeness (QED) is 0.267. The minimum absolute atomic E-state index is 0.0678. The van der Waals surface area contributed by atoms with Crippen LogP contribution in [0, 0.1) is 0 Å². The number of H-pyrrole nitrogens is 1. The fraction of sp³-hybridized carbons (Fsp3) is 0.0588. The number of fused-ring (bicyclic) bond motifs is 2. The van der Waals surface area contributed by atoms with Gasteiger partial charge in [-0.25, -0.2) is 4.98 Å². The van der Waals surface area contributed by atoms with Gasteiger partial charge in [0.1, 0.15) is 5.75 Å². The smallest absolute Gasteiger partial charge is 0.220 e. The van der Waals surface area contributed by atoms with E-state index in [0.717, 1.165) is 31.3 Å². The van der Waals surface area contributed by atoms with Gasteiger partial charge in [-0.3, -0.25) is 0 Å². The Labute approximate surface area is 171 Å². The van der Waals surface area contributed by atoms with Crippen molar-refractivity contribution in [2.75, 3.05) is 12.4 Å². The number of rotatable bonds is 3. The van der Waals surface area contributed by atoms with Gasteiger partial charge in [0.2, 0.25) is 11.0 Å². The van der Waals surface area contributed by atoms with E-state index in [-0.39, 0.29) is 11.0 Å². The van der Waals surface area contributed by atoms with E-state index in [1.807, 2.05) is 36.4 Å². The van der Waals surface area contributed by atoms with Crippen molar-refractivity contribution in [1.29, 1.82) is 0 Å². The Morgan fingerprint density at radius 3 is 3.00 bits per heavy atom. The SMILES string of the molecule is COc1ccc2nc(NC(=S)N=Nc3c(O)[nH]c4ccc(Br)cc34)sc2c1. The number of azo groups is 1. The molecule has 10 heteroatoms. The molecule has 0 spiro atoms. The Morgan fingerprint density at radius 2 is 2.19 bits per heavy atom. The van der Waals surface area contributed by atoms with Gasteiger partial charge in [-0.15, -0.1) is 10.2 Å². The van der Waals surface area contributed by atoms with E-state index >= 15 is 0 Å². The van der Waals surface area contributed by atoms with Crippen molar-refractivity contribution in [2.24, 2.45) is 10.2 Å². The molecule has 3 N–H and O–H groups in total. The summed E-state index contributed by atoms with van der Waals surface area (Å²) in [5.74, 6) is 0.697. The van der Waals surface area contributed by atoms with E-state index in [9.17, 15) is 5.11 Å². The van der Waals surface area contributed by atoms with Crippen LogP contribution in [0.4, 0.5) is 10.8 Å². The monoisotopic (exact) mass is 461 g/mol. The summed E-state index contributed by atoms with van der Waals surface area (Å²) in [4.78, 5) is 7.30. The van der Waals surface area contributed by atoms with E-state index in [2.05, 4.69) is 41.4 Å². The third kappa shape index (κ3) is 3.64. The number of aromatic hydroxyl groups is 1. The van der Waals surface area contributed by atoms with Gasteiger partial charge >= 0.3 is 0 Å². The van der Waals surface area contributed by atoms with Crippen LogP contribution in [-0.2, 0) is 0 Å². The zero-order chi connectivity index (χ0) is 19.0. The number of nitrogens with zero attached hydrogens (tertiary/aromatic N) is 3. The van der Waals surface area contributed by atoms with Crippen LogP contribution in [0.2, 0.25) is 0 Å². The minimum Gasteiger partial charge on any atom is -0.497 e. The lowest BCUT2D eigenvalue weighted by Crippen LogP contribution is -2.04. The van der Waals surface area contributed by atoms with Gasteiger partial charge in [-0.1, -0.05) is 27.3 Å². The molecule has 0 radical (unpaired) electrons. The molecule has 0 atom stereocenters. The van der Waals surface area contributed by atoms with Crippen molar-refractivity contribution < 1.29 is 9.84 Å². The summed E-state index contributed by atoms with van der Waals surface area (Å²) in [6.07, 6.45) is 0. The molecule has 0 bridgehead atoms. The maximum absolute atomic E-state index is 10.1. The van der Waals surface area contributed by atoms with Gasteiger partial charge in [-0.2, -0.15) is 0 Å². The van der Waals surface area contributed by atoms with Crippen molar-refractivity contribution in [1.82, 2.24) is 9.97 Å². The number of anilines is 1. The molecule has 136 valence electrons. The lowest BCUT2D eigenvalue weighted by atomic mass is 10.2. The second kappa shape index (κ2) is 7.22. The molecule has 0 saturated heterocycles. The van der Waals surface area contributed by atoms with Gasteiger partial charge in [0.05, 0.1) is 22.8 Å². The highest BCUT2D eigenvalue weighted by atomic mass is 79.9. The molecule has 2 heterocycles. The first kappa shape index (κ1) is 17.8. The number of ether oxygens (including phenoxy) is 1. The van der Waals surface area contributed by atoms with Crippen molar-refractivity contribution in [3.8, 4) is 11.6 Å². The Balaban J connectivity index is 1.56. The topological polar surface area (TPSA) is 94.9 Å². The van der Waals surface area contributed by atoms with Crippen LogP contribution in [0.15, 0.2) is 51.1 Å². The summed E-state index contributed by atoms with van der Waals surface area (Å²) < 4.78 is 7.06. The number of aromatic nitrogens is 2. The molecular formula is C17H12BrN5O2S2. The van der Waals surface area contributed by atoms with Gasteiger partial charge in [-0.05, 0) is 48.6 Å². The summed E-state index contributed by atoms with van der Waals surface area (Å²) in [5, 5.41) is 22.6. The lowest BCUT2D eigenvalue weighted by molar-refractivity contribution is 0.415. The lowest BCUT2D eigenvalue weighted by Gasteiger charge is -1.97. The Kier molecular flexibility index (Phi) is 4.77.